The summed E-state index contributed by atoms with van der Waals surface area (Å²) in [6, 6.07) is 10.6. The highest BCUT2D eigenvalue weighted by molar-refractivity contribution is 7.10. The standard InChI is InChI=1S/C21H22N6O3S/c1-30-17-10-3-2-8-15(17)23-19(28)18-20(31-26-25-18)24-21(29)27-12-5-4-9-16(27)14-7-6-11-22-13-14/h2-3,6-8,10-11,13,16H,4-5,9,12H2,1H3,(H,23,28)(H,24,29). The van der Waals surface area contributed by atoms with Gasteiger partial charge in [0.2, 0.25) is 0 Å². The molecule has 3 amide bonds. The fourth-order valence-electron chi connectivity index (χ4n) is 3.61. The molecular weight excluding hydrogens is 416 g/mol. The maximum Gasteiger partial charge on any atom is 0.323 e. The lowest BCUT2D eigenvalue weighted by Gasteiger charge is -2.35. The zero-order valence-electron chi connectivity index (χ0n) is 16.9. The lowest BCUT2D eigenvalue weighted by Crippen LogP contribution is -2.41. The van der Waals surface area contributed by atoms with Gasteiger partial charge in [-0.1, -0.05) is 22.7 Å². The number of anilines is 2. The van der Waals surface area contributed by atoms with Crippen molar-refractivity contribution in [2.24, 2.45) is 0 Å². The number of piperidine rings is 1. The molecule has 3 aromatic rings. The highest BCUT2D eigenvalue weighted by Crippen LogP contribution is 2.32. The summed E-state index contributed by atoms with van der Waals surface area (Å²) in [5.41, 5.74) is 1.56. The molecule has 1 aliphatic rings. The van der Waals surface area contributed by atoms with Gasteiger partial charge in [-0.25, -0.2) is 4.79 Å². The minimum atomic E-state index is -0.476. The van der Waals surface area contributed by atoms with Crippen LogP contribution in [0.5, 0.6) is 5.75 Å². The fraction of sp³-hybridized carbons (Fsp3) is 0.286. The number of carbonyl (C=O) groups excluding carboxylic acids is 2. The summed E-state index contributed by atoms with van der Waals surface area (Å²) in [6.45, 7) is 0.625. The Bertz CT molecular complexity index is 1060. The molecule has 0 bridgehead atoms. The van der Waals surface area contributed by atoms with E-state index in [4.69, 9.17) is 4.74 Å². The molecule has 0 spiro atoms. The number of benzene rings is 1. The molecule has 9 nitrogen and oxygen atoms in total. The van der Waals surface area contributed by atoms with Crippen LogP contribution in [-0.4, -0.2) is 45.1 Å². The summed E-state index contributed by atoms with van der Waals surface area (Å²) >= 11 is 0.964. The van der Waals surface area contributed by atoms with Crippen molar-refractivity contribution >= 4 is 34.2 Å². The van der Waals surface area contributed by atoms with Crippen molar-refractivity contribution in [1.82, 2.24) is 19.5 Å². The van der Waals surface area contributed by atoms with Crippen LogP contribution in [0.3, 0.4) is 0 Å². The highest BCUT2D eigenvalue weighted by atomic mass is 32.1. The molecule has 1 atom stereocenters. The topological polar surface area (TPSA) is 109 Å². The average Bonchev–Trinajstić information content (AvgIpc) is 3.28. The SMILES string of the molecule is COc1ccccc1NC(=O)c1nnsc1NC(=O)N1CCCCC1c1cccnc1. The van der Waals surface area contributed by atoms with Gasteiger partial charge < -0.3 is 15.0 Å². The molecular formula is C21H22N6O3S. The first-order valence-electron chi connectivity index (χ1n) is 9.91. The van der Waals surface area contributed by atoms with Crippen molar-refractivity contribution < 1.29 is 14.3 Å². The Kier molecular flexibility index (Phi) is 6.37. The minimum Gasteiger partial charge on any atom is -0.495 e. The Labute approximate surface area is 183 Å². The number of nitrogens with one attached hydrogen (secondary N) is 2. The van der Waals surface area contributed by atoms with E-state index < -0.39 is 5.91 Å². The molecule has 160 valence electrons. The monoisotopic (exact) mass is 438 g/mol. The summed E-state index contributed by atoms with van der Waals surface area (Å²) < 4.78 is 9.12. The molecule has 1 saturated heterocycles. The zero-order valence-corrected chi connectivity index (χ0v) is 17.8. The van der Waals surface area contributed by atoms with Crippen molar-refractivity contribution in [2.45, 2.75) is 25.3 Å². The number of aromatic nitrogens is 3. The van der Waals surface area contributed by atoms with E-state index in [0.717, 1.165) is 36.4 Å². The van der Waals surface area contributed by atoms with E-state index in [1.807, 2.05) is 18.2 Å². The number of pyridine rings is 1. The van der Waals surface area contributed by atoms with Gasteiger partial charge in [0.15, 0.2) is 10.7 Å². The summed E-state index contributed by atoms with van der Waals surface area (Å²) in [7, 11) is 1.53. The Hall–Kier alpha value is -3.53. The van der Waals surface area contributed by atoms with Crippen LogP contribution in [0, 0.1) is 0 Å². The Morgan fingerprint density at radius 1 is 1.16 bits per heavy atom. The number of rotatable bonds is 5. The quantitative estimate of drug-likeness (QED) is 0.624. The van der Waals surface area contributed by atoms with E-state index in [1.54, 1.807) is 35.5 Å². The molecule has 0 aliphatic carbocycles. The van der Waals surface area contributed by atoms with Crippen LogP contribution >= 0.6 is 11.5 Å². The van der Waals surface area contributed by atoms with E-state index in [0.29, 0.717) is 23.0 Å². The second kappa shape index (κ2) is 9.52. The van der Waals surface area contributed by atoms with Gasteiger partial charge >= 0.3 is 6.03 Å². The van der Waals surface area contributed by atoms with Crippen molar-refractivity contribution in [3.05, 3.63) is 60.0 Å². The molecule has 4 rings (SSSR count). The minimum absolute atomic E-state index is 0.0548. The largest absolute Gasteiger partial charge is 0.495 e. The third-order valence-corrected chi connectivity index (χ3v) is 5.75. The molecule has 2 aromatic heterocycles. The number of amides is 3. The van der Waals surface area contributed by atoms with Gasteiger partial charge in [-0.15, -0.1) is 5.10 Å². The molecule has 0 radical (unpaired) electrons. The maximum absolute atomic E-state index is 13.1. The molecule has 3 heterocycles. The molecule has 31 heavy (non-hydrogen) atoms. The second-order valence-corrected chi connectivity index (χ2v) is 7.78. The Morgan fingerprint density at radius 3 is 2.84 bits per heavy atom. The van der Waals surface area contributed by atoms with Crippen molar-refractivity contribution in [1.29, 1.82) is 0 Å². The third-order valence-electron chi connectivity index (χ3n) is 5.11. The lowest BCUT2D eigenvalue weighted by molar-refractivity contribution is 0.102. The van der Waals surface area contributed by atoms with Gasteiger partial charge in [0, 0.05) is 30.5 Å². The molecule has 1 aromatic carbocycles. The number of methoxy groups -OCH3 is 1. The van der Waals surface area contributed by atoms with Crippen LogP contribution in [0.4, 0.5) is 15.5 Å². The van der Waals surface area contributed by atoms with Crippen LogP contribution in [-0.2, 0) is 0 Å². The molecule has 0 saturated carbocycles. The fourth-order valence-corrected chi connectivity index (χ4v) is 4.17. The number of carbonyl (C=O) groups is 2. The second-order valence-electron chi connectivity index (χ2n) is 7.03. The predicted octanol–water partition coefficient (Wildman–Crippen LogP) is 3.95. The van der Waals surface area contributed by atoms with Crippen LogP contribution in [0.2, 0.25) is 0 Å². The third kappa shape index (κ3) is 4.64. The number of nitrogens with zero attached hydrogens (tertiary/aromatic N) is 4. The number of para-hydroxylation sites is 2. The summed E-state index contributed by atoms with van der Waals surface area (Å²) in [6.07, 6.45) is 6.33. The summed E-state index contributed by atoms with van der Waals surface area (Å²) in [4.78, 5) is 31.8. The number of ether oxygens (including phenoxy) is 1. The predicted molar refractivity (Wildman–Crippen MR) is 117 cm³/mol. The van der Waals surface area contributed by atoms with E-state index in [9.17, 15) is 9.59 Å². The normalized spacial score (nSPS) is 15.9. The van der Waals surface area contributed by atoms with Crippen LogP contribution in [0.15, 0.2) is 48.8 Å². The Morgan fingerprint density at radius 2 is 2.03 bits per heavy atom. The van der Waals surface area contributed by atoms with Gasteiger partial charge in [-0.3, -0.25) is 15.1 Å². The van der Waals surface area contributed by atoms with Gasteiger partial charge in [0.05, 0.1) is 18.8 Å². The summed E-state index contributed by atoms with van der Waals surface area (Å²) in [5, 5.41) is 9.80. The first kappa shape index (κ1) is 20.7. The van der Waals surface area contributed by atoms with E-state index in [2.05, 4.69) is 25.2 Å². The molecule has 1 fully saturated rings. The first-order valence-corrected chi connectivity index (χ1v) is 10.7. The highest BCUT2D eigenvalue weighted by Gasteiger charge is 2.30. The first-order chi connectivity index (χ1) is 15.2. The van der Waals surface area contributed by atoms with Gasteiger partial charge in [-0.05, 0) is 43.0 Å². The number of hydrogen-bond acceptors (Lipinski definition) is 7. The number of urea groups is 1. The van der Waals surface area contributed by atoms with Crippen molar-refractivity contribution in [3.8, 4) is 5.75 Å². The lowest BCUT2D eigenvalue weighted by atomic mass is 9.97. The summed E-state index contributed by atoms with van der Waals surface area (Å²) in [5.74, 6) is 0.0493. The van der Waals surface area contributed by atoms with Crippen LogP contribution in [0.1, 0.15) is 41.4 Å². The van der Waals surface area contributed by atoms with Crippen LogP contribution < -0.4 is 15.4 Å². The maximum atomic E-state index is 13.1. The van der Waals surface area contributed by atoms with E-state index in [1.165, 1.54) is 7.11 Å². The van der Waals surface area contributed by atoms with E-state index >= 15 is 0 Å². The number of hydrogen-bond donors (Lipinski definition) is 2. The zero-order chi connectivity index (χ0) is 21.6. The smallest absolute Gasteiger partial charge is 0.323 e. The number of likely N-dealkylation sites (tertiary alicyclic amines) is 1. The van der Waals surface area contributed by atoms with E-state index in [-0.39, 0.29) is 17.8 Å². The molecule has 1 aliphatic heterocycles. The van der Waals surface area contributed by atoms with Crippen LogP contribution in [0.25, 0.3) is 0 Å². The van der Waals surface area contributed by atoms with Gasteiger partial charge in [0.25, 0.3) is 5.91 Å². The average molecular weight is 439 g/mol. The molecule has 2 N–H and O–H groups in total. The molecule has 1 unspecified atom stereocenters. The molecule has 10 heteroatoms. The Balaban J connectivity index is 1.49. The van der Waals surface area contributed by atoms with Crippen molar-refractivity contribution in [2.75, 3.05) is 24.3 Å². The van der Waals surface area contributed by atoms with Gasteiger partial charge in [0.1, 0.15) is 5.75 Å². The van der Waals surface area contributed by atoms with Gasteiger partial charge in [-0.2, -0.15) is 0 Å². The van der Waals surface area contributed by atoms with Crippen molar-refractivity contribution in [3.63, 3.8) is 0 Å².